The Balaban J connectivity index is 2.24. The van der Waals surface area contributed by atoms with Crippen LogP contribution in [-0.2, 0) is 4.79 Å². The predicted octanol–water partition coefficient (Wildman–Crippen LogP) is 2.17. The molecule has 18 heavy (non-hydrogen) atoms. The van der Waals surface area contributed by atoms with Gasteiger partial charge in [-0.1, -0.05) is 23.2 Å². The molecule has 0 saturated heterocycles. The van der Waals surface area contributed by atoms with Gasteiger partial charge in [0, 0.05) is 16.5 Å². The SMILES string of the molecule is NC(=NO)c1ccc(Cl)cc1NC(=O)C1CCC1. The maximum atomic E-state index is 11.9. The zero-order valence-corrected chi connectivity index (χ0v) is 10.4. The van der Waals surface area contributed by atoms with Crippen LogP contribution in [0.4, 0.5) is 5.69 Å². The minimum absolute atomic E-state index is 0.0458. The lowest BCUT2D eigenvalue weighted by atomic mass is 9.85. The van der Waals surface area contributed by atoms with Crippen LogP contribution in [0, 0.1) is 5.92 Å². The van der Waals surface area contributed by atoms with Crippen LogP contribution in [0.15, 0.2) is 23.4 Å². The van der Waals surface area contributed by atoms with Crippen molar-refractivity contribution in [2.45, 2.75) is 19.3 Å². The molecule has 6 heteroatoms. The number of oxime groups is 1. The first-order chi connectivity index (χ1) is 8.61. The van der Waals surface area contributed by atoms with Gasteiger partial charge in [0.25, 0.3) is 0 Å². The summed E-state index contributed by atoms with van der Waals surface area (Å²) >= 11 is 5.88. The number of nitrogens with zero attached hydrogens (tertiary/aromatic N) is 1. The fourth-order valence-corrected chi connectivity index (χ4v) is 1.97. The molecular weight excluding hydrogens is 254 g/mol. The summed E-state index contributed by atoms with van der Waals surface area (Å²) in [6, 6.07) is 4.81. The van der Waals surface area contributed by atoms with E-state index in [1.54, 1.807) is 18.2 Å². The maximum absolute atomic E-state index is 11.9. The molecule has 1 aliphatic rings. The lowest BCUT2D eigenvalue weighted by molar-refractivity contribution is -0.122. The van der Waals surface area contributed by atoms with Gasteiger partial charge >= 0.3 is 0 Å². The Morgan fingerprint density at radius 1 is 1.50 bits per heavy atom. The molecule has 1 aromatic carbocycles. The zero-order chi connectivity index (χ0) is 13.1. The van der Waals surface area contributed by atoms with Crippen molar-refractivity contribution in [2.24, 2.45) is 16.8 Å². The van der Waals surface area contributed by atoms with Gasteiger partial charge in [-0.3, -0.25) is 4.79 Å². The lowest BCUT2D eigenvalue weighted by Gasteiger charge is -2.24. The van der Waals surface area contributed by atoms with Gasteiger partial charge in [-0.05, 0) is 31.0 Å². The highest BCUT2D eigenvalue weighted by atomic mass is 35.5. The van der Waals surface area contributed by atoms with Crippen molar-refractivity contribution in [3.8, 4) is 0 Å². The highest BCUT2D eigenvalue weighted by molar-refractivity contribution is 6.31. The van der Waals surface area contributed by atoms with Crippen molar-refractivity contribution < 1.29 is 10.0 Å². The van der Waals surface area contributed by atoms with Gasteiger partial charge in [0.2, 0.25) is 5.91 Å². The Kier molecular flexibility index (Phi) is 3.72. The largest absolute Gasteiger partial charge is 0.409 e. The lowest BCUT2D eigenvalue weighted by Crippen LogP contribution is -2.29. The van der Waals surface area contributed by atoms with E-state index in [2.05, 4.69) is 10.5 Å². The second-order valence-corrected chi connectivity index (χ2v) is 4.73. The molecule has 0 spiro atoms. The summed E-state index contributed by atoms with van der Waals surface area (Å²) in [4.78, 5) is 11.9. The molecule has 0 radical (unpaired) electrons. The summed E-state index contributed by atoms with van der Waals surface area (Å²) in [6.07, 6.45) is 2.90. The minimum Gasteiger partial charge on any atom is -0.409 e. The topological polar surface area (TPSA) is 87.7 Å². The number of amides is 1. The van der Waals surface area contributed by atoms with E-state index in [-0.39, 0.29) is 17.7 Å². The van der Waals surface area contributed by atoms with E-state index in [0.717, 1.165) is 19.3 Å². The molecule has 96 valence electrons. The first-order valence-electron chi connectivity index (χ1n) is 5.70. The second kappa shape index (κ2) is 5.27. The Hall–Kier alpha value is -1.75. The molecule has 1 aromatic rings. The van der Waals surface area contributed by atoms with E-state index in [1.165, 1.54) is 0 Å². The predicted molar refractivity (Wildman–Crippen MR) is 69.9 cm³/mol. The van der Waals surface area contributed by atoms with Crippen molar-refractivity contribution >= 4 is 29.0 Å². The second-order valence-electron chi connectivity index (χ2n) is 4.29. The molecule has 0 unspecified atom stereocenters. The Labute approximate surface area is 110 Å². The highest BCUT2D eigenvalue weighted by Gasteiger charge is 2.25. The number of anilines is 1. The average molecular weight is 268 g/mol. The molecule has 1 fully saturated rings. The number of amidine groups is 1. The average Bonchev–Trinajstić information content (AvgIpc) is 2.25. The summed E-state index contributed by atoms with van der Waals surface area (Å²) in [5.74, 6) is -0.0461. The van der Waals surface area contributed by atoms with Crippen LogP contribution in [0.25, 0.3) is 0 Å². The summed E-state index contributed by atoms with van der Waals surface area (Å²) in [5.41, 5.74) is 6.47. The molecule has 0 atom stereocenters. The third-order valence-electron chi connectivity index (χ3n) is 3.10. The number of benzene rings is 1. The van der Waals surface area contributed by atoms with Gasteiger partial charge in [0.15, 0.2) is 5.84 Å². The highest BCUT2D eigenvalue weighted by Crippen LogP contribution is 2.29. The quantitative estimate of drug-likeness (QED) is 0.339. The van der Waals surface area contributed by atoms with Crippen LogP contribution in [0.2, 0.25) is 5.02 Å². The van der Waals surface area contributed by atoms with Gasteiger partial charge in [-0.15, -0.1) is 0 Å². The molecule has 1 saturated carbocycles. The van der Waals surface area contributed by atoms with E-state index in [0.29, 0.717) is 16.3 Å². The fraction of sp³-hybridized carbons (Fsp3) is 0.333. The van der Waals surface area contributed by atoms with Gasteiger partial charge in [-0.25, -0.2) is 0 Å². The third kappa shape index (κ3) is 2.56. The van der Waals surface area contributed by atoms with E-state index in [9.17, 15) is 4.79 Å². The molecule has 0 bridgehead atoms. The van der Waals surface area contributed by atoms with E-state index in [1.807, 2.05) is 0 Å². The molecular formula is C12H14ClN3O2. The van der Waals surface area contributed by atoms with E-state index >= 15 is 0 Å². The van der Waals surface area contributed by atoms with Crippen molar-refractivity contribution in [3.05, 3.63) is 28.8 Å². The number of halogens is 1. The van der Waals surface area contributed by atoms with Gasteiger partial charge < -0.3 is 16.3 Å². The number of carbonyl (C=O) groups excluding carboxylic acids is 1. The van der Waals surface area contributed by atoms with Crippen LogP contribution in [0.3, 0.4) is 0 Å². The van der Waals surface area contributed by atoms with Crippen molar-refractivity contribution in [2.75, 3.05) is 5.32 Å². The normalized spacial score (nSPS) is 16.2. The Morgan fingerprint density at radius 2 is 2.22 bits per heavy atom. The molecule has 2 rings (SSSR count). The molecule has 0 aliphatic heterocycles. The van der Waals surface area contributed by atoms with Crippen LogP contribution in [0.1, 0.15) is 24.8 Å². The first-order valence-corrected chi connectivity index (χ1v) is 6.08. The standard InChI is InChI=1S/C12H14ClN3O2/c13-8-4-5-9(11(14)16-18)10(6-8)15-12(17)7-2-1-3-7/h4-7,18H,1-3H2,(H2,14,16)(H,15,17). The van der Waals surface area contributed by atoms with Crippen molar-refractivity contribution in [1.82, 2.24) is 0 Å². The molecule has 0 heterocycles. The maximum Gasteiger partial charge on any atom is 0.227 e. The molecule has 1 aliphatic carbocycles. The zero-order valence-electron chi connectivity index (χ0n) is 9.69. The van der Waals surface area contributed by atoms with Crippen molar-refractivity contribution in [3.63, 3.8) is 0 Å². The van der Waals surface area contributed by atoms with Gasteiger partial charge in [0.05, 0.1) is 5.69 Å². The van der Waals surface area contributed by atoms with Crippen LogP contribution in [-0.4, -0.2) is 17.0 Å². The minimum atomic E-state index is -0.0597. The Bertz CT molecular complexity index is 498. The van der Waals surface area contributed by atoms with Gasteiger partial charge in [-0.2, -0.15) is 0 Å². The number of hydrogen-bond donors (Lipinski definition) is 3. The first kappa shape index (κ1) is 12.7. The monoisotopic (exact) mass is 267 g/mol. The molecule has 0 aromatic heterocycles. The number of rotatable bonds is 3. The van der Waals surface area contributed by atoms with Crippen LogP contribution in [0.5, 0.6) is 0 Å². The van der Waals surface area contributed by atoms with Gasteiger partial charge in [0.1, 0.15) is 0 Å². The van der Waals surface area contributed by atoms with E-state index in [4.69, 9.17) is 22.5 Å². The summed E-state index contributed by atoms with van der Waals surface area (Å²) < 4.78 is 0. The number of hydrogen-bond acceptors (Lipinski definition) is 3. The molecule has 1 amide bonds. The summed E-state index contributed by atoms with van der Waals surface area (Å²) in [6.45, 7) is 0. The van der Waals surface area contributed by atoms with Crippen LogP contribution < -0.4 is 11.1 Å². The van der Waals surface area contributed by atoms with Crippen molar-refractivity contribution in [1.29, 1.82) is 0 Å². The number of nitrogens with one attached hydrogen (secondary N) is 1. The number of nitrogens with two attached hydrogens (primary N) is 1. The Morgan fingerprint density at radius 3 is 2.78 bits per heavy atom. The van der Waals surface area contributed by atoms with E-state index < -0.39 is 0 Å². The third-order valence-corrected chi connectivity index (χ3v) is 3.33. The summed E-state index contributed by atoms with van der Waals surface area (Å²) in [7, 11) is 0. The smallest absolute Gasteiger partial charge is 0.227 e. The fourth-order valence-electron chi connectivity index (χ4n) is 1.80. The molecule has 5 nitrogen and oxygen atoms in total. The molecule has 4 N–H and O–H groups in total. The van der Waals surface area contributed by atoms with Crippen LogP contribution >= 0.6 is 11.6 Å². The summed E-state index contributed by atoms with van der Waals surface area (Å²) in [5, 5.41) is 14.9. The number of carbonyl (C=O) groups is 1.